The van der Waals surface area contributed by atoms with Crippen LogP contribution in [0.3, 0.4) is 0 Å². The van der Waals surface area contributed by atoms with Gasteiger partial charge >= 0.3 is 5.97 Å². The SMILES string of the molecule is C[C@H](c1ccccc1)n1cncc1C(=O)C(=O)OCC(C)(C)C. The predicted molar refractivity (Wildman–Crippen MR) is 87.2 cm³/mol. The van der Waals surface area contributed by atoms with Crippen LogP contribution in [0.2, 0.25) is 0 Å². The maximum Gasteiger partial charge on any atom is 0.381 e. The highest BCUT2D eigenvalue weighted by Crippen LogP contribution is 2.20. The molecule has 0 aliphatic heterocycles. The molecule has 2 aromatic rings. The van der Waals surface area contributed by atoms with Gasteiger partial charge in [0.25, 0.3) is 5.78 Å². The van der Waals surface area contributed by atoms with Crippen molar-refractivity contribution in [2.24, 2.45) is 5.41 Å². The first-order valence-corrected chi connectivity index (χ1v) is 7.58. The second kappa shape index (κ2) is 6.77. The lowest BCUT2D eigenvalue weighted by Crippen LogP contribution is -2.26. The van der Waals surface area contributed by atoms with Gasteiger partial charge in [0.1, 0.15) is 5.69 Å². The van der Waals surface area contributed by atoms with Gasteiger partial charge in [-0.2, -0.15) is 0 Å². The fourth-order valence-electron chi connectivity index (χ4n) is 2.13. The van der Waals surface area contributed by atoms with Crippen molar-refractivity contribution in [3.63, 3.8) is 0 Å². The highest BCUT2D eigenvalue weighted by molar-refractivity contribution is 6.40. The highest BCUT2D eigenvalue weighted by Gasteiger charge is 2.25. The third kappa shape index (κ3) is 4.28. The van der Waals surface area contributed by atoms with E-state index in [1.807, 2.05) is 58.0 Å². The molecule has 0 aliphatic rings. The third-order valence-electron chi connectivity index (χ3n) is 3.42. The van der Waals surface area contributed by atoms with E-state index < -0.39 is 11.8 Å². The Bertz CT molecular complexity index is 684. The van der Waals surface area contributed by atoms with Gasteiger partial charge in [-0.1, -0.05) is 51.1 Å². The van der Waals surface area contributed by atoms with Gasteiger partial charge in [-0.3, -0.25) is 4.79 Å². The number of ether oxygens (including phenoxy) is 1. The number of hydrogen-bond acceptors (Lipinski definition) is 4. The number of aromatic nitrogens is 2. The van der Waals surface area contributed by atoms with Gasteiger partial charge in [-0.25, -0.2) is 9.78 Å². The number of rotatable bonds is 5. The van der Waals surface area contributed by atoms with Crippen molar-refractivity contribution in [3.05, 3.63) is 54.1 Å². The van der Waals surface area contributed by atoms with E-state index in [-0.39, 0.29) is 23.8 Å². The summed E-state index contributed by atoms with van der Waals surface area (Å²) in [7, 11) is 0. The fourth-order valence-corrected chi connectivity index (χ4v) is 2.13. The van der Waals surface area contributed by atoms with Gasteiger partial charge in [-0.15, -0.1) is 0 Å². The zero-order valence-corrected chi connectivity index (χ0v) is 13.9. The quantitative estimate of drug-likeness (QED) is 0.483. The lowest BCUT2D eigenvalue weighted by atomic mass is 9.99. The molecule has 0 fully saturated rings. The second-order valence-corrected chi connectivity index (χ2v) is 6.74. The Kier molecular flexibility index (Phi) is 4.98. The topological polar surface area (TPSA) is 61.2 Å². The van der Waals surface area contributed by atoms with E-state index in [1.165, 1.54) is 6.20 Å². The number of imidazole rings is 1. The van der Waals surface area contributed by atoms with Gasteiger partial charge in [0.2, 0.25) is 0 Å². The van der Waals surface area contributed by atoms with Crippen LogP contribution in [0.4, 0.5) is 0 Å². The number of nitrogens with zero attached hydrogens (tertiary/aromatic N) is 2. The van der Waals surface area contributed by atoms with E-state index in [2.05, 4.69) is 4.98 Å². The molecule has 0 N–H and O–H groups in total. The molecule has 122 valence electrons. The highest BCUT2D eigenvalue weighted by atomic mass is 16.5. The van der Waals surface area contributed by atoms with Crippen molar-refractivity contribution in [1.29, 1.82) is 0 Å². The van der Waals surface area contributed by atoms with Crippen LogP contribution in [-0.4, -0.2) is 27.9 Å². The summed E-state index contributed by atoms with van der Waals surface area (Å²) in [5.41, 5.74) is 1.08. The van der Waals surface area contributed by atoms with E-state index in [0.29, 0.717) is 0 Å². The van der Waals surface area contributed by atoms with E-state index in [4.69, 9.17) is 4.74 Å². The minimum atomic E-state index is -0.845. The first kappa shape index (κ1) is 16.9. The number of carbonyl (C=O) groups excluding carboxylic acids is 2. The number of Topliss-reactive ketones (excluding diaryl/α,β-unsaturated/α-hetero) is 1. The summed E-state index contributed by atoms with van der Waals surface area (Å²) < 4.78 is 6.79. The molecule has 1 heterocycles. The number of benzene rings is 1. The molecule has 23 heavy (non-hydrogen) atoms. The molecule has 0 unspecified atom stereocenters. The summed E-state index contributed by atoms with van der Waals surface area (Å²) in [6.07, 6.45) is 2.96. The average molecular weight is 314 g/mol. The summed E-state index contributed by atoms with van der Waals surface area (Å²) in [5, 5.41) is 0. The van der Waals surface area contributed by atoms with E-state index in [9.17, 15) is 9.59 Å². The molecule has 0 saturated carbocycles. The maximum absolute atomic E-state index is 12.3. The normalized spacial score (nSPS) is 12.7. The lowest BCUT2D eigenvalue weighted by molar-refractivity contribution is -0.140. The molecule has 0 spiro atoms. The molecule has 0 saturated heterocycles. The van der Waals surface area contributed by atoms with Crippen LogP contribution >= 0.6 is 0 Å². The van der Waals surface area contributed by atoms with E-state index >= 15 is 0 Å². The van der Waals surface area contributed by atoms with E-state index in [1.54, 1.807) is 10.9 Å². The molecule has 5 heteroatoms. The zero-order chi connectivity index (χ0) is 17.0. The second-order valence-electron chi connectivity index (χ2n) is 6.74. The zero-order valence-electron chi connectivity index (χ0n) is 13.9. The van der Waals surface area contributed by atoms with Crippen molar-refractivity contribution in [2.75, 3.05) is 6.61 Å². The smallest absolute Gasteiger partial charge is 0.381 e. The van der Waals surface area contributed by atoms with Crippen molar-refractivity contribution in [3.8, 4) is 0 Å². The Morgan fingerprint density at radius 2 is 1.87 bits per heavy atom. The summed E-state index contributed by atoms with van der Waals surface area (Å²) >= 11 is 0. The third-order valence-corrected chi connectivity index (χ3v) is 3.42. The fraction of sp³-hybridized carbons (Fsp3) is 0.389. The molecule has 0 aliphatic carbocycles. The Balaban J connectivity index is 2.17. The number of carbonyl (C=O) groups is 2. The Labute approximate surface area is 136 Å². The molecular weight excluding hydrogens is 292 g/mol. The molecule has 0 bridgehead atoms. The summed E-state index contributed by atoms with van der Waals surface area (Å²) in [5.74, 6) is -1.52. The van der Waals surface area contributed by atoms with Crippen LogP contribution in [0.1, 0.15) is 49.8 Å². The predicted octanol–water partition coefficient (Wildman–Crippen LogP) is 3.26. The number of hydrogen-bond donors (Lipinski definition) is 0. The number of esters is 1. The van der Waals surface area contributed by atoms with Crippen LogP contribution in [-0.2, 0) is 9.53 Å². The monoisotopic (exact) mass is 314 g/mol. The van der Waals surface area contributed by atoms with E-state index in [0.717, 1.165) is 5.56 Å². The van der Waals surface area contributed by atoms with Gasteiger partial charge in [0.05, 0.1) is 25.2 Å². The first-order valence-electron chi connectivity index (χ1n) is 7.58. The van der Waals surface area contributed by atoms with Gasteiger partial charge in [0.15, 0.2) is 0 Å². The molecule has 2 rings (SSSR count). The summed E-state index contributed by atoms with van der Waals surface area (Å²) in [4.78, 5) is 28.3. The molecule has 5 nitrogen and oxygen atoms in total. The number of ketones is 1. The standard InChI is InChI=1S/C18H22N2O3/c1-13(14-8-6-5-7-9-14)20-12-19-10-15(20)16(21)17(22)23-11-18(2,3)4/h5-10,12-13H,11H2,1-4H3/t13-/m1/s1. The largest absolute Gasteiger partial charge is 0.459 e. The molecule has 1 aromatic carbocycles. The Morgan fingerprint density at radius 3 is 2.48 bits per heavy atom. The minimum absolute atomic E-state index is 0.104. The van der Waals surface area contributed by atoms with Crippen molar-refractivity contribution in [1.82, 2.24) is 9.55 Å². The van der Waals surface area contributed by atoms with Crippen LogP contribution in [0, 0.1) is 5.41 Å². The van der Waals surface area contributed by atoms with Gasteiger partial charge in [-0.05, 0) is 17.9 Å². The maximum atomic E-state index is 12.3. The molecule has 1 atom stereocenters. The molecule has 1 aromatic heterocycles. The minimum Gasteiger partial charge on any atom is -0.459 e. The van der Waals surface area contributed by atoms with Crippen molar-refractivity contribution >= 4 is 11.8 Å². The Hall–Kier alpha value is -2.43. The first-order chi connectivity index (χ1) is 10.8. The van der Waals surface area contributed by atoms with Crippen molar-refractivity contribution in [2.45, 2.75) is 33.7 Å². The van der Waals surface area contributed by atoms with Crippen LogP contribution in [0.25, 0.3) is 0 Å². The van der Waals surface area contributed by atoms with Crippen LogP contribution < -0.4 is 0 Å². The summed E-state index contributed by atoms with van der Waals surface area (Å²) in [6.45, 7) is 7.96. The molecule has 0 amide bonds. The Morgan fingerprint density at radius 1 is 1.22 bits per heavy atom. The van der Waals surface area contributed by atoms with Gasteiger partial charge in [0, 0.05) is 0 Å². The average Bonchev–Trinajstić information content (AvgIpc) is 3.00. The van der Waals surface area contributed by atoms with Crippen molar-refractivity contribution < 1.29 is 14.3 Å². The molecular formula is C18H22N2O3. The molecule has 0 radical (unpaired) electrons. The summed E-state index contributed by atoms with van der Waals surface area (Å²) in [6, 6.07) is 9.63. The lowest BCUT2D eigenvalue weighted by Gasteiger charge is -2.18. The van der Waals surface area contributed by atoms with Crippen LogP contribution in [0.15, 0.2) is 42.9 Å². The van der Waals surface area contributed by atoms with Crippen LogP contribution in [0.5, 0.6) is 0 Å². The van der Waals surface area contributed by atoms with Gasteiger partial charge < -0.3 is 9.30 Å².